The van der Waals surface area contributed by atoms with E-state index in [-0.39, 0.29) is 11.9 Å². The second-order valence-electron chi connectivity index (χ2n) is 4.79. The molecule has 0 bridgehead atoms. The van der Waals surface area contributed by atoms with E-state index in [1.54, 1.807) is 13.2 Å². The number of hydrogen-bond donors (Lipinski definition) is 1. The van der Waals surface area contributed by atoms with Gasteiger partial charge in [0.1, 0.15) is 11.6 Å². The van der Waals surface area contributed by atoms with Crippen molar-refractivity contribution in [3.05, 3.63) is 63.9 Å². The van der Waals surface area contributed by atoms with Crippen LogP contribution < -0.4 is 10.5 Å². The Morgan fingerprint density at radius 3 is 2.65 bits per heavy atom. The van der Waals surface area contributed by atoms with Crippen LogP contribution in [0.1, 0.15) is 22.7 Å². The van der Waals surface area contributed by atoms with Crippen LogP contribution in [0.5, 0.6) is 5.75 Å². The van der Waals surface area contributed by atoms with Gasteiger partial charge in [-0.05, 0) is 42.7 Å². The van der Waals surface area contributed by atoms with Crippen molar-refractivity contribution in [2.45, 2.75) is 19.4 Å². The van der Waals surface area contributed by atoms with E-state index in [1.165, 1.54) is 12.1 Å². The molecule has 106 valence electrons. The van der Waals surface area contributed by atoms with E-state index >= 15 is 0 Å². The molecule has 20 heavy (non-hydrogen) atoms. The Morgan fingerprint density at radius 2 is 2.00 bits per heavy atom. The molecule has 2 N–H and O–H groups in total. The Bertz CT molecular complexity index is 615. The first-order valence-corrected chi connectivity index (χ1v) is 6.73. The minimum absolute atomic E-state index is 0.256. The van der Waals surface area contributed by atoms with Crippen LogP contribution in [0.3, 0.4) is 0 Å². The minimum atomic E-state index is -0.347. The molecule has 0 aliphatic carbocycles. The van der Waals surface area contributed by atoms with Crippen molar-refractivity contribution in [1.82, 2.24) is 0 Å². The Morgan fingerprint density at radius 1 is 1.25 bits per heavy atom. The summed E-state index contributed by atoms with van der Waals surface area (Å²) < 4.78 is 18.4. The van der Waals surface area contributed by atoms with Crippen LogP contribution in [0.15, 0.2) is 36.4 Å². The quantitative estimate of drug-likeness (QED) is 0.923. The highest BCUT2D eigenvalue weighted by atomic mass is 35.5. The SMILES string of the molecule is COc1cc(C)ccc1C(N)Cc1ccc(F)cc1Cl. The molecular weight excluding hydrogens is 277 g/mol. The Hall–Kier alpha value is -1.58. The predicted molar refractivity (Wildman–Crippen MR) is 79.8 cm³/mol. The molecule has 2 nitrogen and oxygen atoms in total. The molecule has 2 aromatic rings. The summed E-state index contributed by atoms with van der Waals surface area (Å²) in [5.41, 5.74) is 9.07. The third-order valence-corrected chi connectivity index (χ3v) is 3.60. The van der Waals surface area contributed by atoms with Crippen LogP contribution in [0, 0.1) is 12.7 Å². The number of halogens is 2. The lowest BCUT2D eigenvalue weighted by molar-refractivity contribution is 0.405. The summed E-state index contributed by atoms with van der Waals surface area (Å²) in [6, 6.07) is 9.99. The summed E-state index contributed by atoms with van der Waals surface area (Å²) in [7, 11) is 1.62. The predicted octanol–water partition coefficient (Wildman–Crippen LogP) is 4.04. The molecule has 0 saturated heterocycles. The number of nitrogens with two attached hydrogens (primary N) is 1. The summed E-state index contributed by atoms with van der Waals surface area (Å²) in [4.78, 5) is 0. The second kappa shape index (κ2) is 6.25. The lowest BCUT2D eigenvalue weighted by Crippen LogP contribution is -2.15. The Balaban J connectivity index is 2.25. The van der Waals surface area contributed by atoms with Crippen molar-refractivity contribution in [3.63, 3.8) is 0 Å². The molecule has 0 amide bonds. The van der Waals surface area contributed by atoms with Crippen LogP contribution >= 0.6 is 11.6 Å². The largest absolute Gasteiger partial charge is 0.496 e. The van der Waals surface area contributed by atoms with Gasteiger partial charge in [-0.15, -0.1) is 0 Å². The maximum absolute atomic E-state index is 13.0. The molecule has 0 aromatic heterocycles. The van der Waals surface area contributed by atoms with Crippen LogP contribution in [-0.2, 0) is 6.42 Å². The fraction of sp³-hybridized carbons (Fsp3) is 0.250. The molecule has 0 saturated carbocycles. The van der Waals surface area contributed by atoms with Gasteiger partial charge >= 0.3 is 0 Å². The third kappa shape index (κ3) is 3.30. The summed E-state index contributed by atoms with van der Waals surface area (Å²) in [5, 5.41) is 0.395. The molecular formula is C16H17ClFNO. The molecule has 0 radical (unpaired) electrons. The van der Waals surface area contributed by atoms with Gasteiger partial charge in [-0.2, -0.15) is 0 Å². The molecule has 0 aliphatic heterocycles. The highest BCUT2D eigenvalue weighted by Gasteiger charge is 2.14. The van der Waals surface area contributed by atoms with E-state index in [2.05, 4.69) is 0 Å². The molecule has 2 rings (SSSR count). The topological polar surface area (TPSA) is 35.2 Å². The van der Waals surface area contributed by atoms with Crippen LogP contribution in [-0.4, -0.2) is 7.11 Å². The van der Waals surface area contributed by atoms with Crippen molar-refractivity contribution in [2.75, 3.05) is 7.11 Å². The standard InChI is InChI=1S/C16H17ClFNO/c1-10-3-6-13(16(7-10)20-2)15(19)8-11-4-5-12(18)9-14(11)17/h3-7,9,15H,8,19H2,1-2H3. The monoisotopic (exact) mass is 293 g/mol. The zero-order chi connectivity index (χ0) is 14.7. The first kappa shape index (κ1) is 14.8. The molecule has 0 heterocycles. The smallest absolute Gasteiger partial charge is 0.124 e. The average molecular weight is 294 g/mol. The van der Waals surface area contributed by atoms with Gasteiger partial charge in [0, 0.05) is 16.6 Å². The molecule has 1 atom stereocenters. The van der Waals surface area contributed by atoms with Gasteiger partial charge in [0.15, 0.2) is 0 Å². The summed E-state index contributed by atoms with van der Waals surface area (Å²) in [5.74, 6) is 0.413. The normalized spacial score (nSPS) is 12.2. The van der Waals surface area contributed by atoms with Gasteiger partial charge in [-0.1, -0.05) is 29.8 Å². The van der Waals surface area contributed by atoms with Crippen molar-refractivity contribution in [1.29, 1.82) is 0 Å². The summed E-state index contributed by atoms with van der Waals surface area (Å²) in [6.07, 6.45) is 0.526. The summed E-state index contributed by atoms with van der Waals surface area (Å²) >= 11 is 6.03. The first-order chi connectivity index (χ1) is 9.51. The van der Waals surface area contributed by atoms with Crippen LogP contribution in [0.2, 0.25) is 5.02 Å². The van der Waals surface area contributed by atoms with Crippen molar-refractivity contribution >= 4 is 11.6 Å². The van der Waals surface area contributed by atoms with Gasteiger partial charge in [-0.25, -0.2) is 4.39 Å². The number of methoxy groups -OCH3 is 1. The molecule has 2 aromatic carbocycles. The minimum Gasteiger partial charge on any atom is -0.496 e. The zero-order valence-electron chi connectivity index (χ0n) is 11.5. The highest BCUT2D eigenvalue weighted by Crippen LogP contribution is 2.29. The Kier molecular flexibility index (Phi) is 4.63. The molecule has 0 spiro atoms. The second-order valence-corrected chi connectivity index (χ2v) is 5.20. The zero-order valence-corrected chi connectivity index (χ0v) is 12.2. The highest BCUT2D eigenvalue weighted by molar-refractivity contribution is 6.31. The maximum atomic E-state index is 13.0. The van der Waals surface area contributed by atoms with E-state index in [4.69, 9.17) is 22.1 Å². The fourth-order valence-electron chi connectivity index (χ4n) is 2.16. The molecule has 1 unspecified atom stereocenters. The van der Waals surface area contributed by atoms with E-state index in [0.717, 1.165) is 22.4 Å². The molecule has 4 heteroatoms. The van der Waals surface area contributed by atoms with E-state index in [0.29, 0.717) is 11.4 Å². The number of hydrogen-bond acceptors (Lipinski definition) is 2. The van der Waals surface area contributed by atoms with Gasteiger partial charge in [0.2, 0.25) is 0 Å². The van der Waals surface area contributed by atoms with Crippen molar-refractivity contribution in [2.24, 2.45) is 5.73 Å². The van der Waals surface area contributed by atoms with Gasteiger partial charge in [-0.3, -0.25) is 0 Å². The number of aryl methyl sites for hydroxylation is 1. The Labute approximate surface area is 123 Å². The fourth-order valence-corrected chi connectivity index (χ4v) is 2.40. The van der Waals surface area contributed by atoms with E-state index < -0.39 is 0 Å². The van der Waals surface area contributed by atoms with Gasteiger partial charge in [0.25, 0.3) is 0 Å². The number of rotatable bonds is 4. The van der Waals surface area contributed by atoms with Crippen LogP contribution in [0.25, 0.3) is 0 Å². The van der Waals surface area contributed by atoms with Crippen molar-refractivity contribution < 1.29 is 9.13 Å². The van der Waals surface area contributed by atoms with Crippen molar-refractivity contribution in [3.8, 4) is 5.75 Å². The van der Waals surface area contributed by atoms with E-state index in [1.807, 2.05) is 25.1 Å². The average Bonchev–Trinajstić information content (AvgIpc) is 2.41. The summed E-state index contributed by atoms with van der Waals surface area (Å²) in [6.45, 7) is 1.99. The van der Waals surface area contributed by atoms with Crippen LogP contribution in [0.4, 0.5) is 4.39 Å². The molecule has 0 fully saturated rings. The van der Waals surface area contributed by atoms with E-state index in [9.17, 15) is 4.39 Å². The third-order valence-electron chi connectivity index (χ3n) is 3.24. The van der Waals surface area contributed by atoms with Gasteiger partial charge < -0.3 is 10.5 Å². The number of ether oxygens (including phenoxy) is 1. The lowest BCUT2D eigenvalue weighted by Gasteiger charge is -2.17. The lowest BCUT2D eigenvalue weighted by atomic mass is 9.98. The van der Waals surface area contributed by atoms with Gasteiger partial charge in [0.05, 0.1) is 7.11 Å². The first-order valence-electron chi connectivity index (χ1n) is 6.35. The number of benzene rings is 2. The maximum Gasteiger partial charge on any atom is 0.124 e. The molecule has 0 aliphatic rings.